The lowest BCUT2D eigenvalue weighted by molar-refractivity contribution is 0.352. The van der Waals surface area contributed by atoms with Crippen molar-refractivity contribution in [1.29, 1.82) is 0 Å². The Kier molecular flexibility index (Phi) is 6.41. The molecule has 3 aliphatic carbocycles. The molecular weight excluding hydrogens is 647 g/mol. The molecule has 0 radical (unpaired) electrons. The van der Waals surface area contributed by atoms with Gasteiger partial charge in [0, 0.05) is 54.3 Å². The zero-order valence-electron chi connectivity index (χ0n) is 27.7. The number of nitrogens with one attached hydrogen (secondary N) is 1. The van der Waals surface area contributed by atoms with Crippen molar-refractivity contribution in [3.63, 3.8) is 0 Å². The fourth-order valence-electron chi connectivity index (χ4n) is 9.55. The van der Waals surface area contributed by atoms with Crippen molar-refractivity contribution < 1.29 is 0 Å². The smallest absolute Gasteiger partial charge is 0.145 e. The van der Waals surface area contributed by atoms with Gasteiger partial charge in [-0.05, 0) is 88.5 Å². The van der Waals surface area contributed by atoms with Crippen LogP contribution in [0, 0.1) is 0 Å². The lowest BCUT2D eigenvalue weighted by Gasteiger charge is -2.36. The second-order valence-corrected chi connectivity index (χ2v) is 16.5. The molecule has 1 N–H and O–H groups in total. The molecular formula is C45H35N3S2. The van der Waals surface area contributed by atoms with Gasteiger partial charge in [-0.3, -0.25) is 9.98 Å². The summed E-state index contributed by atoms with van der Waals surface area (Å²) in [6.07, 6.45) is 15.9. The summed E-state index contributed by atoms with van der Waals surface area (Å²) in [5.74, 6) is 0.349. The Morgan fingerprint density at radius 3 is 2.48 bits per heavy atom. The average molecular weight is 682 g/mol. The number of hydrogen-bond acceptors (Lipinski definition) is 5. The van der Waals surface area contributed by atoms with Gasteiger partial charge in [0.2, 0.25) is 0 Å². The molecule has 0 saturated heterocycles. The van der Waals surface area contributed by atoms with Gasteiger partial charge < -0.3 is 5.32 Å². The highest BCUT2D eigenvalue weighted by atomic mass is 32.1. The molecule has 1 aliphatic heterocycles. The van der Waals surface area contributed by atoms with Crippen molar-refractivity contribution in [2.24, 2.45) is 4.99 Å². The third-order valence-electron chi connectivity index (χ3n) is 11.8. The average Bonchev–Trinajstić information content (AvgIpc) is 3.84. The van der Waals surface area contributed by atoms with Gasteiger partial charge in [0.25, 0.3) is 0 Å². The number of fused-ring (bicyclic) bond motifs is 11. The van der Waals surface area contributed by atoms with Crippen LogP contribution in [0.2, 0.25) is 0 Å². The monoisotopic (exact) mass is 681 g/mol. The first-order valence-corrected chi connectivity index (χ1v) is 19.6. The summed E-state index contributed by atoms with van der Waals surface area (Å²) in [6.45, 7) is 0. The maximum atomic E-state index is 5.40. The van der Waals surface area contributed by atoms with E-state index in [0.29, 0.717) is 5.92 Å². The summed E-state index contributed by atoms with van der Waals surface area (Å²) in [7, 11) is 0. The van der Waals surface area contributed by atoms with Crippen molar-refractivity contribution in [3.8, 4) is 11.1 Å². The minimum absolute atomic E-state index is 0.179. The number of rotatable bonds is 3. The van der Waals surface area contributed by atoms with E-state index in [0.717, 1.165) is 17.7 Å². The van der Waals surface area contributed by atoms with Crippen LogP contribution in [0.15, 0.2) is 121 Å². The molecule has 1 fully saturated rings. The van der Waals surface area contributed by atoms with E-state index in [1.54, 1.807) is 11.1 Å². The van der Waals surface area contributed by atoms with Crippen molar-refractivity contribution >= 4 is 60.3 Å². The molecule has 3 nitrogen and oxygen atoms in total. The third kappa shape index (κ3) is 4.14. The maximum Gasteiger partial charge on any atom is 0.145 e. The number of thiophene rings is 2. The lowest BCUT2D eigenvalue weighted by Crippen LogP contribution is -2.28. The minimum Gasteiger partial charge on any atom is -0.358 e. The molecule has 4 aliphatic rings. The SMILES string of the molecule is C1=Cc2c(sc3ccc(C4N=C(c5ccncc5)c5sc6ccccc6c5N4)cc23)C(c2cccc3c2-c2ccccc2C32CCCCC2)C1. The van der Waals surface area contributed by atoms with E-state index in [9.17, 15) is 0 Å². The Morgan fingerprint density at radius 2 is 1.56 bits per heavy atom. The summed E-state index contributed by atoms with van der Waals surface area (Å²) in [5, 5.41) is 6.46. The van der Waals surface area contributed by atoms with Crippen LogP contribution < -0.4 is 5.32 Å². The van der Waals surface area contributed by atoms with E-state index in [1.165, 1.54) is 95.5 Å². The van der Waals surface area contributed by atoms with Crippen LogP contribution in [0.5, 0.6) is 0 Å². The fraction of sp³-hybridized carbons (Fsp3) is 0.200. The third-order valence-corrected chi connectivity index (χ3v) is 14.3. The van der Waals surface area contributed by atoms with Crippen LogP contribution in [0.25, 0.3) is 37.4 Å². The second kappa shape index (κ2) is 11.1. The number of aliphatic imine (C=N–C) groups is 1. The molecule has 1 saturated carbocycles. The van der Waals surface area contributed by atoms with E-state index < -0.39 is 0 Å². The standard InChI is InChI=1S/C45H35N3S2/c1-6-22-45(23-7-1)35-15-4-2-10-32(35)39-29(12-9-16-36(39)45)30-13-8-14-31-34-26-28(18-19-38(34)49-42(30)31)44-47-40(27-20-24-46-25-21-27)43-41(48-44)33-11-3-5-17-37(33)50-43/h2-5,8-12,14-21,24-26,30,44,48H,1,6-7,13,22-23H2. The first kappa shape index (κ1) is 28.9. The van der Waals surface area contributed by atoms with E-state index in [4.69, 9.17) is 4.99 Å². The lowest BCUT2D eigenvalue weighted by atomic mass is 9.67. The molecule has 5 heteroatoms. The van der Waals surface area contributed by atoms with Crippen LogP contribution in [-0.2, 0) is 5.41 Å². The first-order valence-electron chi connectivity index (χ1n) is 18.0. The number of nitrogens with zero attached hydrogens (tertiary/aromatic N) is 2. The highest BCUT2D eigenvalue weighted by Gasteiger charge is 2.45. The van der Waals surface area contributed by atoms with Gasteiger partial charge in [0.05, 0.1) is 16.3 Å². The fourth-order valence-corrected chi connectivity index (χ4v) is 12.0. The topological polar surface area (TPSA) is 37.3 Å². The van der Waals surface area contributed by atoms with Crippen molar-refractivity contribution in [2.75, 3.05) is 5.32 Å². The van der Waals surface area contributed by atoms with E-state index in [1.807, 2.05) is 35.1 Å². The van der Waals surface area contributed by atoms with Crippen LogP contribution in [-0.4, -0.2) is 10.7 Å². The number of hydrogen-bond donors (Lipinski definition) is 1. The van der Waals surface area contributed by atoms with Gasteiger partial charge in [0.1, 0.15) is 6.17 Å². The summed E-state index contributed by atoms with van der Waals surface area (Å²) in [6, 6.07) is 36.5. The number of aromatic nitrogens is 1. The molecule has 242 valence electrons. The zero-order valence-corrected chi connectivity index (χ0v) is 29.3. The quantitative estimate of drug-likeness (QED) is 0.202. The molecule has 11 rings (SSSR count). The summed E-state index contributed by atoms with van der Waals surface area (Å²) < 4.78 is 2.62. The number of allylic oxidation sites excluding steroid dienone is 1. The Morgan fingerprint density at radius 1 is 0.740 bits per heavy atom. The zero-order chi connectivity index (χ0) is 32.8. The number of benzene rings is 4. The van der Waals surface area contributed by atoms with Crippen molar-refractivity contribution in [3.05, 3.63) is 159 Å². The molecule has 2 atom stereocenters. The highest BCUT2D eigenvalue weighted by Crippen LogP contribution is 2.58. The minimum atomic E-state index is -0.187. The largest absolute Gasteiger partial charge is 0.358 e. The maximum absolute atomic E-state index is 5.40. The molecule has 4 aromatic carbocycles. The molecule has 3 aromatic heterocycles. The predicted molar refractivity (Wildman–Crippen MR) is 211 cm³/mol. The summed E-state index contributed by atoms with van der Waals surface area (Å²) in [5.41, 5.74) is 13.7. The molecule has 4 heterocycles. The van der Waals surface area contributed by atoms with Crippen LogP contribution >= 0.6 is 22.7 Å². The molecule has 1 spiro atoms. The van der Waals surface area contributed by atoms with Gasteiger partial charge in [-0.2, -0.15) is 0 Å². The summed E-state index contributed by atoms with van der Waals surface area (Å²) in [4.78, 5) is 12.4. The van der Waals surface area contributed by atoms with E-state index in [-0.39, 0.29) is 11.6 Å². The number of anilines is 1. The summed E-state index contributed by atoms with van der Waals surface area (Å²) >= 11 is 3.80. The molecule has 50 heavy (non-hydrogen) atoms. The number of pyridine rings is 1. The van der Waals surface area contributed by atoms with E-state index >= 15 is 0 Å². The highest BCUT2D eigenvalue weighted by molar-refractivity contribution is 7.22. The van der Waals surface area contributed by atoms with Crippen molar-refractivity contribution in [2.45, 2.75) is 56.0 Å². The van der Waals surface area contributed by atoms with Crippen LogP contribution in [0.4, 0.5) is 5.69 Å². The van der Waals surface area contributed by atoms with Crippen molar-refractivity contribution in [1.82, 2.24) is 4.98 Å². The molecule has 0 amide bonds. The second-order valence-electron chi connectivity index (χ2n) is 14.3. The Labute approximate surface area is 300 Å². The molecule has 7 aromatic rings. The van der Waals surface area contributed by atoms with Gasteiger partial charge in [-0.1, -0.05) is 98.1 Å². The Balaban J connectivity index is 1.03. The predicted octanol–water partition coefficient (Wildman–Crippen LogP) is 12.3. The van der Waals surface area contributed by atoms with Gasteiger partial charge in [-0.15, -0.1) is 22.7 Å². The van der Waals surface area contributed by atoms with Crippen LogP contribution in [0.3, 0.4) is 0 Å². The van der Waals surface area contributed by atoms with Gasteiger partial charge >= 0.3 is 0 Å². The molecule has 2 unspecified atom stereocenters. The van der Waals surface area contributed by atoms with E-state index in [2.05, 4.69) is 120 Å². The molecule has 0 bridgehead atoms. The van der Waals surface area contributed by atoms with Crippen LogP contribution in [0.1, 0.15) is 93.7 Å². The Bertz CT molecular complexity index is 2550. The normalized spacial score (nSPS) is 19.9. The Hall–Kier alpha value is -4.84. The van der Waals surface area contributed by atoms with Gasteiger partial charge in [-0.25, -0.2) is 0 Å². The van der Waals surface area contributed by atoms with Gasteiger partial charge in [0.15, 0.2) is 0 Å². The first-order chi connectivity index (χ1) is 24.8.